The first-order chi connectivity index (χ1) is 17.6. The van der Waals surface area contributed by atoms with Crippen LogP contribution in [-0.2, 0) is 30.7 Å². The molecule has 2 heterocycles. The van der Waals surface area contributed by atoms with Gasteiger partial charge in [-0.25, -0.2) is 0 Å². The summed E-state index contributed by atoms with van der Waals surface area (Å²) in [5.41, 5.74) is 4.70. The molecule has 6 nitrogen and oxygen atoms in total. The third kappa shape index (κ3) is 5.16. The van der Waals surface area contributed by atoms with Crippen LogP contribution in [0.4, 0.5) is 0 Å². The summed E-state index contributed by atoms with van der Waals surface area (Å²) < 4.78 is 7.72. The molecule has 1 aliphatic heterocycles. The second kappa shape index (κ2) is 11.0. The number of benzene rings is 3. The maximum Gasteiger partial charge on any atom is 0.236 e. The number of carbonyl (C=O) groups excluding carboxylic acids is 1. The molecule has 1 aliphatic rings. The van der Waals surface area contributed by atoms with E-state index in [-0.39, 0.29) is 11.2 Å². The van der Waals surface area contributed by atoms with Crippen molar-refractivity contribution in [2.24, 2.45) is 0 Å². The Morgan fingerprint density at radius 2 is 1.69 bits per heavy atom. The van der Waals surface area contributed by atoms with Crippen LogP contribution in [0.3, 0.4) is 0 Å². The third-order valence-electron chi connectivity index (χ3n) is 6.60. The Kier molecular flexibility index (Phi) is 7.37. The Morgan fingerprint density at radius 3 is 2.50 bits per heavy atom. The molecular weight excluding hydrogens is 468 g/mol. The van der Waals surface area contributed by atoms with Crippen molar-refractivity contribution in [1.82, 2.24) is 19.7 Å². The highest BCUT2D eigenvalue weighted by Crippen LogP contribution is 2.33. The van der Waals surface area contributed by atoms with Crippen molar-refractivity contribution >= 4 is 17.7 Å². The normalized spacial score (nSPS) is 13.8. The number of fused-ring (bicyclic) bond motifs is 1. The summed E-state index contributed by atoms with van der Waals surface area (Å²) >= 11 is 1.47. The molecule has 1 aromatic heterocycles. The fourth-order valence-corrected chi connectivity index (χ4v) is 5.60. The molecule has 1 atom stereocenters. The topological polar surface area (TPSA) is 60.3 Å². The summed E-state index contributed by atoms with van der Waals surface area (Å²) in [6, 6.07) is 26.6. The molecule has 7 heteroatoms. The Bertz CT molecular complexity index is 1340. The van der Waals surface area contributed by atoms with Crippen LogP contribution in [0, 0.1) is 0 Å². The lowest BCUT2D eigenvalue weighted by Gasteiger charge is -2.30. The predicted octanol–water partition coefficient (Wildman–Crippen LogP) is 5.26. The van der Waals surface area contributed by atoms with Crippen LogP contribution in [0.1, 0.15) is 23.6 Å². The average molecular weight is 499 g/mol. The van der Waals surface area contributed by atoms with E-state index in [0.29, 0.717) is 13.1 Å². The highest BCUT2D eigenvalue weighted by atomic mass is 32.2. The molecule has 5 rings (SSSR count). The quantitative estimate of drug-likeness (QED) is 0.310. The molecule has 0 N–H and O–H groups in total. The molecule has 1 amide bonds. The summed E-state index contributed by atoms with van der Waals surface area (Å²) in [7, 11) is 1.66. The third-order valence-corrected chi connectivity index (χ3v) is 7.67. The highest BCUT2D eigenvalue weighted by Gasteiger charge is 2.27. The second-order valence-corrected chi connectivity index (χ2v) is 10.2. The van der Waals surface area contributed by atoms with E-state index in [1.54, 1.807) is 7.11 Å². The maximum atomic E-state index is 13.4. The summed E-state index contributed by atoms with van der Waals surface area (Å²) in [4.78, 5) is 15.4. The van der Waals surface area contributed by atoms with Gasteiger partial charge in [0.05, 0.1) is 17.9 Å². The first-order valence-corrected chi connectivity index (χ1v) is 13.1. The van der Waals surface area contributed by atoms with Gasteiger partial charge in [-0.3, -0.25) is 4.79 Å². The lowest BCUT2D eigenvalue weighted by atomic mass is 10.00. The number of ether oxygens (including phenoxy) is 1. The van der Waals surface area contributed by atoms with Crippen molar-refractivity contribution in [2.75, 3.05) is 13.7 Å². The van der Waals surface area contributed by atoms with Crippen LogP contribution >= 0.6 is 11.8 Å². The number of aromatic nitrogens is 3. The van der Waals surface area contributed by atoms with Crippen molar-refractivity contribution in [3.05, 3.63) is 95.6 Å². The summed E-state index contributed by atoms with van der Waals surface area (Å²) in [6.45, 7) is 4.07. The van der Waals surface area contributed by atoms with E-state index in [9.17, 15) is 4.79 Å². The van der Waals surface area contributed by atoms with Gasteiger partial charge in [-0.15, -0.1) is 10.2 Å². The van der Waals surface area contributed by atoms with Crippen molar-refractivity contribution in [3.63, 3.8) is 0 Å². The van der Waals surface area contributed by atoms with Gasteiger partial charge < -0.3 is 14.2 Å². The van der Waals surface area contributed by atoms with E-state index < -0.39 is 0 Å². The number of aryl methyl sites for hydroxylation is 1. The Hall–Kier alpha value is -3.58. The van der Waals surface area contributed by atoms with E-state index in [1.807, 2.05) is 48.2 Å². The molecule has 3 aromatic carbocycles. The molecule has 0 radical (unpaired) electrons. The van der Waals surface area contributed by atoms with E-state index in [2.05, 4.69) is 57.2 Å². The van der Waals surface area contributed by atoms with Gasteiger partial charge in [-0.1, -0.05) is 78.5 Å². The zero-order chi connectivity index (χ0) is 24.9. The molecule has 0 spiro atoms. The van der Waals surface area contributed by atoms with Gasteiger partial charge in [0.2, 0.25) is 5.91 Å². The van der Waals surface area contributed by atoms with Gasteiger partial charge in [0.15, 0.2) is 11.0 Å². The van der Waals surface area contributed by atoms with Crippen LogP contribution in [0.5, 0.6) is 5.75 Å². The lowest BCUT2D eigenvalue weighted by Crippen LogP contribution is -2.40. The smallest absolute Gasteiger partial charge is 0.236 e. The SMILES string of the molecule is COc1ccccc1-c1nnc(S[C@@H](C)C(=O)N2CCc3ccccc3C2)n1CCc1ccccc1. The molecule has 0 unspecified atom stereocenters. The monoisotopic (exact) mass is 498 g/mol. The number of rotatable bonds is 8. The van der Waals surface area contributed by atoms with Crippen molar-refractivity contribution in [1.29, 1.82) is 0 Å². The van der Waals surface area contributed by atoms with E-state index in [1.165, 1.54) is 28.5 Å². The average Bonchev–Trinajstić information content (AvgIpc) is 3.33. The largest absolute Gasteiger partial charge is 0.496 e. The molecule has 0 saturated heterocycles. The van der Waals surface area contributed by atoms with Gasteiger partial charge in [-0.05, 0) is 48.6 Å². The molecule has 0 saturated carbocycles. The molecule has 0 aliphatic carbocycles. The fourth-order valence-electron chi connectivity index (χ4n) is 4.64. The van der Waals surface area contributed by atoms with Crippen LogP contribution < -0.4 is 4.74 Å². The molecule has 0 bridgehead atoms. The van der Waals surface area contributed by atoms with Crippen LogP contribution in [-0.4, -0.2) is 44.5 Å². The number of amides is 1. The minimum atomic E-state index is -0.277. The Labute approximate surface area is 216 Å². The summed E-state index contributed by atoms with van der Waals surface area (Å²) in [5.74, 6) is 1.63. The number of carbonyl (C=O) groups is 1. The number of hydrogen-bond donors (Lipinski definition) is 0. The highest BCUT2D eigenvalue weighted by molar-refractivity contribution is 8.00. The predicted molar refractivity (Wildman–Crippen MR) is 143 cm³/mol. The first-order valence-electron chi connectivity index (χ1n) is 12.3. The van der Waals surface area contributed by atoms with Gasteiger partial charge >= 0.3 is 0 Å². The second-order valence-electron chi connectivity index (χ2n) is 8.93. The number of para-hydroxylation sites is 1. The van der Waals surface area contributed by atoms with Gasteiger partial charge in [0.1, 0.15) is 5.75 Å². The van der Waals surface area contributed by atoms with E-state index in [4.69, 9.17) is 4.74 Å². The molecule has 36 heavy (non-hydrogen) atoms. The lowest BCUT2D eigenvalue weighted by molar-refractivity contribution is -0.131. The summed E-state index contributed by atoms with van der Waals surface area (Å²) in [5, 5.41) is 9.55. The van der Waals surface area contributed by atoms with Crippen LogP contribution in [0.2, 0.25) is 0 Å². The molecule has 184 valence electrons. The zero-order valence-electron chi connectivity index (χ0n) is 20.6. The number of thioether (sulfide) groups is 1. The van der Waals surface area contributed by atoms with Gasteiger partial charge in [0, 0.05) is 19.6 Å². The Balaban J connectivity index is 1.39. The first kappa shape index (κ1) is 24.1. The standard InChI is InChI=1S/C29H30N4O2S/c1-21(28(34)32-18-17-23-12-6-7-13-24(23)20-32)36-29-31-30-27(25-14-8-9-15-26(25)35-2)33(29)19-16-22-10-4-3-5-11-22/h3-15,21H,16-20H2,1-2H3/t21-/m0/s1. The minimum Gasteiger partial charge on any atom is -0.496 e. The van der Waals surface area contributed by atoms with E-state index >= 15 is 0 Å². The minimum absolute atomic E-state index is 0.131. The number of hydrogen-bond acceptors (Lipinski definition) is 5. The number of nitrogens with zero attached hydrogens (tertiary/aromatic N) is 4. The molecule has 0 fully saturated rings. The van der Waals surface area contributed by atoms with Crippen LogP contribution in [0.15, 0.2) is 84.0 Å². The van der Waals surface area contributed by atoms with Crippen LogP contribution in [0.25, 0.3) is 11.4 Å². The Morgan fingerprint density at radius 1 is 0.972 bits per heavy atom. The van der Waals surface area contributed by atoms with Crippen molar-refractivity contribution in [2.45, 2.75) is 43.3 Å². The molecule has 4 aromatic rings. The zero-order valence-corrected chi connectivity index (χ0v) is 21.4. The number of methoxy groups -OCH3 is 1. The van der Waals surface area contributed by atoms with Gasteiger partial charge in [0.25, 0.3) is 0 Å². The maximum absolute atomic E-state index is 13.4. The van der Waals surface area contributed by atoms with Gasteiger partial charge in [-0.2, -0.15) is 0 Å². The fraction of sp³-hybridized carbons (Fsp3) is 0.276. The van der Waals surface area contributed by atoms with Crippen molar-refractivity contribution < 1.29 is 9.53 Å². The molecular formula is C29H30N4O2S. The van der Waals surface area contributed by atoms with E-state index in [0.717, 1.165) is 41.7 Å². The van der Waals surface area contributed by atoms with Crippen molar-refractivity contribution in [3.8, 4) is 17.1 Å². The summed E-state index contributed by atoms with van der Waals surface area (Å²) in [6.07, 6.45) is 1.73.